The van der Waals surface area contributed by atoms with Gasteiger partial charge >= 0.3 is 0 Å². The van der Waals surface area contributed by atoms with Gasteiger partial charge in [0.2, 0.25) is 5.89 Å². The molecule has 1 aliphatic rings. The second-order valence-corrected chi connectivity index (χ2v) is 7.00. The van der Waals surface area contributed by atoms with Crippen molar-refractivity contribution in [3.05, 3.63) is 65.3 Å². The van der Waals surface area contributed by atoms with Crippen molar-refractivity contribution in [1.82, 2.24) is 9.88 Å². The first kappa shape index (κ1) is 18.5. The van der Waals surface area contributed by atoms with E-state index in [0.29, 0.717) is 37.0 Å². The second kappa shape index (κ2) is 7.64. The number of benzene rings is 2. The Morgan fingerprint density at radius 1 is 1.11 bits per heavy atom. The minimum Gasteiger partial charge on any atom is -0.486 e. The zero-order valence-corrected chi connectivity index (χ0v) is 16.2. The molecule has 0 fully saturated rings. The Morgan fingerprint density at radius 2 is 1.86 bits per heavy atom. The van der Waals surface area contributed by atoms with Crippen molar-refractivity contribution in [2.45, 2.75) is 26.4 Å². The third-order valence-electron chi connectivity index (χ3n) is 5.11. The summed E-state index contributed by atoms with van der Waals surface area (Å²) in [4.78, 5) is 6.70. The van der Waals surface area contributed by atoms with Gasteiger partial charge in [-0.25, -0.2) is 9.37 Å². The Kier molecular flexibility index (Phi) is 5.05. The van der Waals surface area contributed by atoms with Crippen LogP contribution in [0.15, 0.2) is 46.9 Å². The number of hydrogen-bond donors (Lipinski definition) is 0. The van der Waals surface area contributed by atoms with Gasteiger partial charge in [0, 0.05) is 12.6 Å². The van der Waals surface area contributed by atoms with Gasteiger partial charge in [0.15, 0.2) is 11.5 Å². The topological polar surface area (TPSA) is 47.7 Å². The highest BCUT2D eigenvalue weighted by Crippen LogP contribution is 2.34. The third-order valence-corrected chi connectivity index (χ3v) is 5.11. The van der Waals surface area contributed by atoms with E-state index >= 15 is 0 Å². The van der Waals surface area contributed by atoms with Crippen LogP contribution in [0.1, 0.15) is 30.0 Å². The van der Waals surface area contributed by atoms with Crippen LogP contribution in [0.4, 0.5) is 4.39 Å². The van der Waals surface area contributed by atoms with Crippen molar-refractivity contribution >= 4 is 0 Å². The van der Waals surface area contributed by atoms with Crippen LogP contribution in [0.3, 0.4) is 0 Å². The fourth-order valence-corrected chi connectivity index (χ4v) is 3.27. The average Bonchev–Trinajstić information content (AvgIpc) is 3.07. The first-order chi connectivity index (χ1) is 13.5. The van der Waals surface area contributed by atoms with E-state index in [9.17, 15) is 4.39 Å². The highest BCUT2D eigenvalue weighted by atomic mass is 19.1. The van der Waals surface area contributed by atoms with Crippen molar-refractivity contribution in [3.8, 4) is 23.0 Å². The van der Waals surface area contributed by atoms with Crippen LogP contribution >= 0.6 is 0 Å². The van der Waals surface area contributed by atoms with Crippen LogP contribution in [0.5, 0.6) is 11.5 Å². The quantitative estimate of drug-likeness (QED) is 0.637. The number of nitrogens with zero attached hydrogens (tertiary/aromatic N) is 2. The minimum atomic E-state index is -0.340. The molecule has 28 heavy (non-hydrogen) atoms. The molecule has 0 saturated heterocycles. The third kappa shape index (κ3) is 3.60. The lowest BCUT2D eigenvalue weighted by Crippen LogP contribution is -2.23. The molecule has 0 bridgehead atoms. The lowest BCUT2D eigenvalue weighted by atomic mass is 10.1. The molecule has 1 aliphatic heterocycles. The zero-order valence-electron chi connectivity index (χ0n) is 16.2. The number of halogens is 1. The molecular weight excluding hydrogens is 359 g/mol. The Hall–Kier alpha value is -2.86. The van der Waals surface area contributed by atoms with Crippen LogP contribution in [0.25, 0.3) is 11.5 Å². The molecule has 2 heterocycles. The summed E-state index contributed by atoms with van der Waals surface area (Å²) in [7, 11) is 2.03. The summed E-state index contributed by atoms with van der Waals surface area (Å²) in [6, 6.07) is 12.7. The fourth-order valence-electron chi connectivity index (χ4n) is 3.27. The van der Waals surface area contributed by atoms with Gasteiger partial charge in [-0.1, -0.05) is 18.2 Å². The van der Waals surface area contributed by atoms with E-state index in [4.69, 9.17) is 13.9 Å². The van der Waals surface area contributed by atoms with Crippen molar-refractivity contribution in [2.24, 2.45) is 0 Å². The molecule has 1 unspecified atom stereocenters. The Balaban J connectivity index is 1.52. The molecule has 5 nitrogen and oxygen atoms in total. The number of fused-ring (bicyclic) bond motifs is 1. The standard InChI is InChI=1S/C22H23FN2O3/c1-14(16-8-9-20-21(12-16)27-11-10-26-20)25(3)13-19-15(2)28-22(24-19)17-6-4-5-7-18(17)23/h4-9,12,14H,10-11,13H2,1-3H3. The molecule has 1 aromatic heterocycles. The lowest BCUT2D eigenvalue weighted by molar-refractivity contribution is 0.170. The van der Waals surface area contributed by atoms with E-state index in [2.05, 4.69) is 22.9 Å². The van der Waals surface area contributed by atoms with Crippen molar-refractivity contribution in [2.75, 3.05) is 20.3 Å². The Morgan fingerprint density at radius 3 is 2.64 bits per heavy atom. The van der Waals surface area contributed by atoms with Gasteiger partial charge in [-0.2, -0.15) is 0 Å². The monoisotopic (exact) mass is 382 g/mol. The van der Waals surface area contributed by atoms with Gasteiger partial charge in [-0.05, 0) is 50.7 Å². The molecule has 0 amide bonds. The second-order valence-electron chi connectivity index (χ2n) is 7.00. The molecule has 2 aromatic carbocycles. The number of rotatable bonds is 5. The summed E-state index contributed by atoms with van der Waals surface area (Å²) >= 11 is 0. The van der Waals surface area contributed by atoms with E-state index in [1.165, 1.54) is 6.07 Å². The zero-order chi connectivity index (χ0) is 19.7. The van der Waals surface area contributed by atoms with Gasteiger partial charge in [-0.15, -0.1) is 0 Å². The maximum Gasteiger partial charge on any atom is 0.229 e. The van der Waals surface area contributed by atoms with Crippen LogP contribution in [-0.2, 0) is 6.54 Å². The minimum absolute atomic E-state index is 0.129. The molecule has 3 aromatic rings. The van der Waals surface area contributed by atoms with Crippen LogP contribution in [0, 0.1) is 12.7 Å². The lowest BCUT2D eigenvalue weighted by Gasteiger charge is -2.26. The van der Waals surface area contributed by atoms with Crippen molar-refractivity contribution in [3.63, 3.8) is 0 Å². The molecular formula is C22H23FN2O3. The highest BCUT2D eigenvalue weighted by molar-refractivity contribution is 5.54. The largest absolute Gasteiger partial charge is 0.486 e. The summed E-state index contributed by atoms with van der Waals surface area (Å²) in [5.41, 5.74) is 2.30. The molecule has 0 spiro atoms. The molecule has 0 saturated carbocycles. The summed E-state index contributed by atoms with van der Waals surface area (Å²) in [5, 5.41) is 0. The number of aryl methyl sites for hydroxylation is 1. The first-order valence-corrected chi connectivity index (χ1v) is 9.34. The van der Waals surface area contributed by atoms with Crippen LogP contribution in [0.2, 0.25) is 0 Å². The van der Waals surface area contributed by atoms with E-state index in [0.717, 1.165) is 22.8 Å². The summed E-state index contributed by atoms with van der Waals surface area (Å²) < 4.78 is 31.0. The molecule has 0 N–H and O–H groups in total. The molecule has 0 radical (unpaired) electrons. The predicted octanol–water partition coefficient (Wildman–Crippen LogP) is 4.75. The van der Waals surface area contributed by atoms with Gasteiger partial charge in [0.05, 0.1) is 11.3 Å². The number of ether oxygens (including phenoxy) is 2. The Labute approximate surface area is 163 Å². The smallest absolute Gasteiger partial charge is 0.229 e. The van der Waals surface area contributed by atoms with Crippen LogP contribution < -0.4 is 9.47 Å². The predicted molar refractivity (Wildman–Crippen MR) is 104 cm³/mol. The molecule has 1 atom stereocenters. The summed E-state index contributed by atoms with van der Waals surface area (Å²) in [5.74, 6) is 2.23. The molecule has 0 aliphatic carbocycles. The maximum absolute atomic E-state index is 14.0. The number of oxazole rings is 1. The van der Waals surface area contributed by atoms with Crippen LogP contribution in [-0.4, -0.2) is 30.1 Å². The molecule has 146 valence electrons. The SMILES string of the molecule is Cc1oc(-c2ccccc2F)nc1CN(C)C(C)c1ccc2c(c1)OCCO2. The summed E-state index contributed by atoms with van der Waals surface area (Å²) in [6.07, 6.45) is 0. The first-order valence-electron chi connectivity index (χ1n) is 9.34. The Bertz CT molecular complexity index is 986. The highest BCUT2D eigenvalue weighted by Gasteiger charge is 2.20. The fraction of sp³-hybridized carbons (Fsp3) is 0.318. The van der Waals surface area contributed by atoms with Gasteiger partial charge < -0.3 is 13.9 Å². The van der Waals surface area contributed by atoms with Gasteiger partial charge in [0.1, 0.15) is 24.8 Å². The van der Waals surface area contributed by atoms with E-state index in [1.54, 1.807) is 18.2 Å². The van der Waals surface area contributed by atoms with E-state index in [-0.39, 0.29) is 11.9 Å². The van der Waals surface area contributed by atoms with E-state index in [1.807, 2.05) is 26.1 Å². The van der Waals surface area contributed by atoms with Crippen molar-refractivity contribution in [1.29, 1.82) is 0 Å². The average molecular weight is 382 g/mol. The van der Waals surface area contributed by atoms with Crippen molar-refractivity contribution < 1.29 is 18.3 Å². The number of hydrogen-bond acceptors (Lipinski definition) is 5. The summed E-state index contributed by atoms with van der Waals surface area (Å²) in [6.45, 7) is 5.71. The van der Waals surface area contributed by atoms with E-state index < -0.39 is 0 Å². The maximum atomic E-state index is 14.0. The number of aromatic nitrogens is 1. The molecule has 4 rings (SSSR count). The van der Waals surface area contributed by atoms with Gasteiger partial charge in [0.25, 0.3) is 0 Å². The van der Waals surface area contributed by atoms with Gasteiger partial charge in [-0.3, -0.25) is 4.90 Å². The normalized spacial score (nSPS) is 14.3. The molecule has 6 heteroatoms.